The summed E-state index contributed by atoms with van der Waals surface area (Å²) in [6, 6.07) is 11.7. The van der Waals surface area contributed by atoms with E-state index in [2.05, 4.69) is 0 Å². The quantitative estimate of drug-likeness (QED) is 0.766. The SMILES string of the molecule is COc1ccc(OCc2ccc(F)cc2)c(CCl)c1. The maximum atomic E-state index is 12.8. The molecule has 0 heterocycles. The van der Waals surface area contributed by atoms with E-state index in [-0.39, 0.29) is 5.82 Å². The zero-order valence-electron chi connectivity index (χ0n) is 10.5. The van der Waals surface area contributed by atoms with Gasteiger partial charge in [-0.05, 0) is 35.9 Å². The molecule has 0 aliphatic rings. The van der Waals surface area contributed by atoms with E-state index in [1.807, 2.05) is 18.2 Å². The zero-order chi connectivity index (χ0) is 13.7. The third-order valence-electron chi connectivity index (χ3n) is 2.72. The van der Waals surface area contributed by atoms with Crippen molar-refractivity contribution in [2.75, 3.05) is 7.11 Å². The van der Waals surface area contributed by atoms with Crippen molar-refractivity contribution < 1.29 is 13.9 Å². The summed E-state index contributed by atoms with van der Waals surface area (Å²) >= 11 is 5.88. The van der Waals surface area contributed by atoms with Gasteiger partial charge in [-0.25, -0.2) is 4.39 Å². The van der Waals surface area contributed by atoms with Gasteiger partial charge >= 0.3 is 0 Å². The van der Waals surface area contributed by atoms with Gasteiger partial charge < -0.3 is 9.47 Å². The van der Waals surface area contributed by atoms with E-state index < -0.39 is 0 Å². The molecule has 0 spiro atoms. The highest BCUT2D eigenvalue weighted by Crippen LogP contribution is 2.26. The second kappa shape index (κ2) is 6.43. The minimum absolute atomic E-state index is 0.255. The highest BCUT2D eigenvalue weighted by molar-refractivity contribution is 6.17. The number of benzene rings is 2. The standard InChI is InChI=1S/C15H14ClFO2/c1-18-14-6-7-15(12(8-14)9-16)19-10-11-2-4-13(17)5-3-11/h2-8H,9-10H2,1H3. The van der Waals surface area contributed by atoms with Crippen LogP contribution >= 0.6 is 11.6 Å². The van der Waals surface area contributed by atoms with E-state index in [1.54, 1.807) is 19.2 Å². The van der Waals surface area contributed by atoms with E-state index in [0.29, 0.717) is 18.2 Å². The number of hydrogen-bond acceptors (Lipinski definition) is 2. The molecule has 0 atom stereocenters. The van der Waals surface area contributed by atoms with Crippen LogP contribution in [0, 0.1) is 5.82 Å². The predicted molar refractivity (Wildman–Crippen MR) is 73.3 cm³/mol. The second-order valence-corrected chi connectivity index (χ2v) is 4.29. The first-order valence-corrected chi connectivity index (χ1v) is 6.36. The third-order valence-corrected chi connectivity index (χ3v) is 3.01. The van der Waals surface area contributed by atoms with Crippen LogP contribution in [0.25, 0.3) is 0 Å². The van der Waals surface area contributed by atoms with Crippen molar-refractivity contribution in [2.24, 2.45) is 0 Å². The van der Waals surface area contributed by atoms with Gasteiger partial charge in [0, 0.05) is 5.56 Å². The van der Waals surface area contributed by atoms with Crippen LogP contribution in [0.1, 0.15) is 11.1 Å². The highest BCUT2D eigenvalue weighted by atomic mass is 35.5. The lowest BCUT2D eigenvalue weighted by Gasteiger charge is -2.11. The van der Waals surface area contributed by atoms with E-state index in [1.165, 1.54) is 12.1 Å². The van der Waals surface area contributed by atoms with Crippen molar-refractivity contribution in [3.63, 3.8) is 0 Å². The molecule has 0 unspecified atom stereocenters. The summed E-state index contributed by atoms with van der Waals surface area (Å²) in [6.07, 6.45) is 0. The topological polar surface area (TPSA) is 18.5 Å². The van der Waals surface area contributed by atoms with Crippen molar-refractivity contribution in [1.82, 2.24) is 0 Å². The minimum atomic E-state index is -0.255. The van der Waals surface area contributed by atoms with Gasteiger partial charge in [0.1, 0.15) is 23.9 Å². The molecule has 0 aliphatic heterocycles. The van der Waals surface area contributed by atoms with Gasteiger partial charge in [0.2, 0.25) is 0 Å². The van der Waals surface area contributed by atoms with Crippen LogP contribution in [0.15, 0.2) is 42.5 Å². The molecule has 2 nitrogen and oxygen atoms in total. The Morgan fingerprint density at radius 1 is 1.11 bits per heavy atom. The zero-order valence-corrected chi connectivity index (χ0v) is 11.3. The van der Waals surface area contributed by atoms with Gasteiger partial charge in [0.25, 0.3) is 0 Å². The van der Waals surface area contributed by atoms with Gasteiger partial charge in [0.15, 0.2) is 0 Å². The van der Waals surface area contributed by atoms with Crippen LogP contribution in [-0.2, 0) is 12.5 Å². The molecule has 2 rings (SSSR count). The monoisotopic (exact) mass is 280 g/mol. The summed E-state index contributed by atoms with van der Waals surface area (Å²) in [6.45, 7) is 0.372. The van der Waals surface area contributed by atoms with Crippen molar-refractivity contribution in [1.29, 1.82) is 0 Å². The number of methoxy groups -OCH3 is 1. The number of halogens is 2. The highest BCUT2D eigenvalue weighted by Gasteiger charge is 2.05. The maximum absolute atomic E-state index is 12.8. The average molecular weight is 281 g/mol. The molecule has 0 saturated heterocycles. The van der Waals surface area contributed by atoms with E-state index in [0.717, 1.165) is 16.9 Å². The maximum Gasteiger partial charge on any atom is 0.124 e. The Bertz CT molecular complexity index is 540. The van der Waals surface area contributed by atoms with Gasteiger partial charge in [0.05, 0.1) is 13.0 Å². The van der Waals surface area contributed by atoms with Crippen molar-refractivity contribution >= 4 is 11.6 Å². The predicted octanol–water partition coefficient (Wildman–Crippen LogP) is 4.15. The molecule has 0 bridgehead atoms. The van der Waals surface area contributed by atoms with Crippen molar-refractivity contribution in [3.05, 3.63) is 59.4 Å². The van der Waals surface area contributed by atoms with Crippen LogP contribution in [-0.4, -0.2) is 7.11 Å². The molecule has 4 heteroatoms. The third kappa shape index (κ3) is 3.61. The fourth-order valence-corrected chi connectivity index (χ4v) is 1.88. The first-order chi connectivity index (χ1) is 9.22. The van der Waals surface area contributed by atoms with Crippen LogP contribution in [0.5, 0.6) is 11.5 Å². The van der Waals surface area contributed by atoms with Gasteiger partial charge in [-0.1, -0.05) is 12.1 Å². The molecule has 100 valence electrons. The minimum Gasteiger partial charge on any atom is -0.497 e. The normalized spacial score (nSPS) is 10.3. The molecule has 0 aliphatic carbocycles. The molecule has 0 radical (unpaired) electrons. The summed E-state index contributed by atoms with van der Waals surface area (Å²) in [7, 11) is 1.60. The summed E-state index contributed by atoms with van der Waals surface area (Å²) in [5, 5.41) is 0. The first kappa shape index (κ1) is 13.7. The average Bonchev–Trinajstić information content (AvgIpc) is 2.46. The van der Waals surface area contributed by atoms with E-state index in [9.17, 15) is 4.39 Å². The molecular weight excluding hydrogens is 267 g/mol. The molecule has 19 heavy (non-hydrogen) atoms. The summed E-state index contributed by atoms with van der Waals surface area (Å²) in [5.74, 6) is 1.54. The number of hydrogen-bond donors (Lipinski definition) is 0. The summed E-state index contributed by atoms with van der Waals surface area (Å²) in [5.41, 5.74) is 1.76. The lowest BCUT2D eigenvalue weighted by molar-refractivity contribution is 0.303. The van der Waals surface area contributed by atoms with E-state index in [4.69, 9.17) is 21.1 Å². The second-order valence-electron chi connectivity index (χ2n) is 4.02. The fraction of sp³-hybridized carbons (Fsp3) is 0.200. The number of alkyl halides is 1. The smallest absolute Gasteiger partial charge is 0.124 e. The Labute approximate surface area is 116 Å². The molecule has 0 amide bonds. The summed E-state index contributed by atoms with van der Waals surface area (Å²) < 4.78 is 23.6. The van der Waals surface area contributed by atoms with Gasteiger partial charge in [-0.2, -0.15) is 0 Å². The van der Waals surface area contributed by atoms with Crippen LogP contribution in [0.2, 0.25) is 0 Å². The van der Waals surface area contributed by atoms with Crippen LogP contribution < -0.4 is 9.47 Å². The Hall–Kier alpha value is -1.74. The van der Waals surface area contributed by atoms with Gasteiger partial charge in [-0.15, -0.1) is 11.6 Å². The molecule has 2 aromatic carbocycles. The van der Waals surface area contributed by atoms with Crippen LogP contribution in [0.4, 0.5) is 4.39 Å². The fourth-order valence-electron chi connectivity index (χ4n) is 1.67. The molecule has 0 fully saturated rings. The van der Waals surface area contributed by atoms with Gasteiger partial charge in [-0.3, -0.25) is 0 Å². The Morgan fingerprint density at radius 3 is 2.47 bits per heavy atom. The summed E-state index contributed by atoms with van der Waals surface area (Å²) in [4.78, 5) is 0. The lowest BCUT2D eigenvalue weighted by Crippen LogP contribution is -1.98. The largest absolute Gasteiger partial charge is 0.497 e. The Balaban J connectivity index is 2.08. The van der Waals surface area contributed by atoms with Crippen molar-refractivity contribution in [3.8, 4) is 11.5 Å². The molecule has 0 saturated carbocycles. The number of rotatable bonds is 5. The number of ether oxygens (including phenoxy) is 2. The molecule has 0 N–H and O–H groups in total. The lowest BCUT2D eigenvalue weighted by atomic mass is 10.2. The molecule has 2 aromatic rings. The molecular formula is C15H14ClFO2. The molecule has 0 aromatic heterocycles. The van der Waals surface area contributed by atoms with E-state index >= 15 is 0 Å². The first-order valence-electron chi connectivity index (χ1n) is 5.83. The van der Waals surface area contributed by atoms with Crippen molar-refractivity contribution in [2.45, 2.75) is 12.5 Å². The Kier molecular flexibility index (Phi) is 4.63. The Morgan fingerprint density at radius 2 is 1.84 bits per heavy atom. The van der Waals surface area contributed by atoms with Crippen LogP contribution in [0.3, 0.4) is 0 Å².